The molecule has 1 rings (SSSR count). The van der Waals surface area contributed by atoms with Gasteiger partial charge < -0.3 is 14.6 Å². The van der Waals surface area contributed by atoms with Gasteiger partial charge in [-0.05, 0) is 13.8 Å². The van der Waals surface area contributed by atoms with Gasteiger partial charge in [-0.3, -0.25) is 0 Å². The highest BCUT2D eigenvalue weighted by molar-refractivity contribution is 4.58. The van der Waals surface area contributed by atoms with Crippen molar-refractivity contribution < 1.29 is 14.6 Å². The molecule has 0 aliphatic carbocycles. The summed E-state index contributed by atoms with van der Waals surface area (Å²) in [5.41, 5.74) is 0. The second kappa shape index (κ2) is 2.64. The minimum atomic E-state index is -0.635. The summed E-state index contributed by atoms with van der Waals surface area (Å²) in [6.45, 7) is 3.70. The molecule has 1 aliphatic heterocycles. The van der Waals surface area contributed by atoms with Gasteiger partial charge in [0, 0.05) is 6.42 Å². The van der Waals surface area contributed by atoms with Crippen LogP contribution in [0, 0.1) is 0 Å². The first kappa shape index (κ1) is 6.99. The van der Waals surface area contributed by atoms with Crippen LogP contribution in [-0.4, -0.2) is 23.8 Å². The number of hydrogen-bond acceptors (Lipinski definition) is 3. The van der Waals surface area contributed by atoms with Crippen molar-refractivity contribution in [3.05, 3.63) is 0 Å². The van der Waals surface area contributed by atoms with Gasteiger partial charge >= 0.3 is 0 Å². The molecule has 54 valence electrons. The summed E-state index contributed by atoms with van der Waals surface area (Å²) in [7, 11) is 0. The molecule has 1 aliphatic rings. The fourth-order valence-electron chi connectivity index (χ4n) is 0.975. The molecule has 3 nitrogen and oxygen atoms in total. The lowest BCUT2D eigenvalue weighted by Gasteiger charge is -2.29. The second-order valence-corrected chi connectivity index (χ2v) is 2.34. The Morgan fingerprint density at radius 2 is 2.00 bits per heavy atom. The smallest absolute Gasteiger partial charge is 0.160 e. The lowest BCUT2D eigenvalue weighted by Crippen LogP contribution is -2.34. The average molecular weight is 132 g/mol. The molecule has 0 amide bonds. The molecular weight excluding hydrogens is 120 g/mol. The van der Waals surface area contributed by atoms with Crippen LogP contribution in [0.2, 0.25) is 0 Å². The van der Waals surface area contributed by atoms with E-state index in [-0.39, 0.29) is 12.4 Å². The largest absolute Gasteiger partial charge is 0.368 e. The SMILES string of the molecule is CC1CC(O)OC(C)O1. The molecule has 0 aromatic heterocycles. The highest BCUT2D eigenvalue weighted by Crippen LogP contribution is 2.15. The first-order chi connectivity index (χ1) is 4.18. The first-order valence-electron chi connectivity index (χ1n) is 3.17. The van der Waals surface area contributed by atoms with Gasteiger partial charge in [0.25, 0.3) is 0 Å². The lowest BCUT2D eigenvalue weighted by atomic mass is 10.2. The number of aliphatic hydroxyl groups is 1. The van der Waals surface area contributed by atoms with Crippen LogP contribution in [0.4, 0.5) is 0 Å². The molecule has 1 heterocycles. The molecule has 1 fully saturated rings. The molecule has 0 bridgehead atoms. The molecule has 3 heteroatoms. The van der Waals surface area contributed by atoms with Gasteiger partial charge in [0.1, 0.15) is 0 Å². The Labute approximate surface area is 54.6 Å². The predicted octanol–water partition coefficient (Wildman–Crippen LogP) is 0.476. The van der Waals surface area contributed by atoms with Gasteiger partial charge in [0.05, 0.1) is 6.10 Å². The van der Waals surface area contributed by atoms with Gasteiger partial charge in [-0.2, -0.15) is 0 Å². The minimum Gasteiger partial charge on any atom is -0.368 e. The summed E-state index contributed by atoms with van der Waals surface area (Å²) in [5, 5.41) is 8.95. The second-order valence-electron chi connectivity index (χ2n) is 2.34. The summed E-state index contributed by atoms with van der Waals surface area (Å²) >= 11 is 0. The van der Waals surface area contributed by atoms with E-state index in [4.69, 9.17) is 14.6 Å². The molecule has 1 N–H and O–H groups in total. The topological polar surface area (TPSA) is 38.7 Å². The van der Waals surface area contributed by atoms with Gasteiger partial charge in [-0.15, -0.1) is 0 Å². The summed E-state index contributed by atoms with van der Waals surface area (Å²) < 4.78 is 10.1. The van der Waals surface area contributed by atoms with Crippen molar-refractivity contribution in [3.8, 4) is 0 Å². The third kappa shape index (κ3) is 1.93. The summed E-state index contributed by atoms with van der Waals surface area (Å²) in [5.74, 6) is 0. The summed E-state index contributed by atoms with van der Waals surface area (Å²) in [6.07, 6.45) is -0.208. The molecule has 1 saturated heterocycles. The molecule has 0 saturated carbocycles. The molecule has 3 atom stereocenters. The quantitative estimate of drug-likeness (QED) is 0.521. The van der Waals surface area contributed by atoms with E-state index < -0.39 is 6.29 Å². The van der Waals surface area contributed by atoms with Crippen molar-refractivity contribution in [1.29, 1.82) is 0 Å². The van der Waals surface area contributed by atoms with Crippen LogP contribution >= 0.6 is 0 Å². The lowest BCUT2D eigenvalue weighted by molar-refractivity contribution is -0.283. The fraction of sp³-hybridized carbons (Fsp3) is 1.00. The van der Waals surface area contributed by atoms with Crippen LogP contribution in [0.3, 0.4) is 0 Å². The Hall–Kier alpha value is -0.120. The molecule has 0 radical (unpaired) electrons. The van der Waals surface area contributed by atoms with E-state index in [2.05, 4.69) is 0 Å². The van der Waals surface area contributed by atoms with E-state index in [9.17, 15) is 0 Å². The minimum absolute atomic E-state index is 0.115. The van der Waals surface area contributed by atoms with E-state index in [0.717, 1.165) is 0 Å². The number of rotatable bonds is 0. The maximum atomic E-state index is 8.95. The molecule has 0 spiro atoms. The zero-order valence-electron chi connectivity index (χ0n) is 5.70. The van der Waals surface area contributed by atoms with Crippen molar-refractivity contribution in [3.63, 3.8) is 0 Å². The van der Waals surface area contributed by atoms with Crippen LogP contribution < -0.4 is 0 Å². The fourth-order valence-corrected chi connectivity index (χ4v) is 0.975. The van der Waals surface area contributed by atoms with Crippen LogP contribution in [0.5, 0.6) is 0 Å². The molecule has 0 aromatic rings. The van der Waals surface area contributed by atoms with Gasteiger partial charge in [-0.25, -0.2) is 0 Å². The van der Waals surface area contributed by atoms with Crippen molar-refractivity contribution in [2.24, 2.45) is 0 Å². The third-order valence-corrected chi connectivity index (χ3v) is 1.31. The predicted molar refractivity (Wildman–Crippen MR) is 31.7 cm³/mol. The highest BCUT2D eigenvalue weighted by Gasteiger charge is 2.22. The molecule has 0 aromatic carbocycles. The first-order valence-corrected chi connectivity index (χ1v) is 3.17. The van der Waals surface area contributed by atoms with Crippen molar-refractivity contribution in [2.45, 2.75) is 39.0 Å². The number of hydrogen-bond donors (Lipinski definition) is 1. The standard InChI is InChI=1S/C6H12O3/c1-4-3-6(7)9-5(2)8-4/h4-7H,3H2,1-2H3. The van der Waals surface area contributed by atoms with E-state index >= 15 is 0 Å². The monoisotopic (exact) mass is 132 g/mol. The zero-order chi connectivity index (χ0) is 6.85. The Kier molecular flexibility index (Phi) is 2.05. The Bertz CT molecular complexity index is 69.3. The van der Waals surface area contributed by atoms with E-state index in [1.54, 1.807) is 6.92 Å². The van der Waals surface area contributed by atoms with E-state index in [1.165, 1.54) is 0 Å². The average Bonchev–Trinajstić information content (AvgIpc) is 1.59. The Morgan fingerprint density at radius 1 is 1.33 bits per heavy atom. The van der Waals surface area contributed by atoms with E-state index in [1.807, 2.05) is 6.92 Å². The molecule has 9 heavy (non-hydrogen) atoms. The number of aliphatic hydroxyl groups excluding tert-OH is 1. The maximum Gasteiger partial charge on any atom is 0.160 e. The van der Waals surface area contributed by atoms with Crippen LogP contribution in [0.25, 0.3) is 0 Å². The Morgan fingerprint density at radius 3 is 2.44 bits per heavy atom. The molecular formula is C6H12O3. The highest BCUT2D eigenvalue weighted by atomic mass is 16.7. The summed E-state index contributed by atoms with van der Waals surface area (Å²) in [4.78, 5) is 0. The Balaban J connectivity index is 2.34. The normalized spacial score (nSPS) is 45.0. The van der Waals surface area contributed by atoms with Crippen molar-refractivity contribution >= 4 is 0 Å². The van der Waals surface area contributed by atoms with Crippen molar-refractivity contribution in [2.75, 3.05) is 0 Å². The molecule has 3 unspecified atom stereocenters. The van der Waals surface area contributed by atoms with Crippen LogP contribution in [0.1, 0.15) is 20.3 Å². The zero-order valence-corrected chi connectivity index (χ0v) is 5.70. The van der Waals surface area contributed by atoms with Crippen LogP contribution in [0.15, 0.2) is 0 Å². The van der Waals surface area contributed by atoms with Crippen LogP contribution in [-0.2, 0) is 9.47 Å². The third-order valence-electron chi connectivity index (χ3n) is 1.31. The van der Waals surface area contributed by atoms with Crippen molar-refractivity contribution in [1.82, 2.24) is 0 Å². The number of ether oxygens (including phenoxy) is 2. The van der Waals surface area contributed by atoms with Gasteiger partial charge in [0.15, 0.2) is 12.6 Å². The maximum absolute atomic E-state index is 8.95. The van der Waals surface area contributed by atoms with E-state index in [0.29, 0.717) is 6.42 Å². The summed E-state index contributed by atoms with van der Waals surface area (Å²) in [6, 6.07) is 0. The van der Waals surface area contributed by atoms with Gasteiger partial charge in [0.2, 0.25) is 0 Å². The van der Waals surface area contributed by atoms with Gasteiger partial charge in [-0.1, -0.05) is 0 Å².